The summed E-state index contributed by atoms with van der Waals surface area (Å²) in [6, 6.07) is 6.51. The third-order valence-electron chi connectivity index (χ3n) is 2.84. The van der Waals surface area contributed by atoms with Crippen LogP contribution in [-0.4, -0.2) is 41.1 Å². The largest absolute Gasteiger partial charge is 0.469 e. The van der Waals surface area contributed by atoms with Crippen molar-refractivity contribution in [1.82, 2.24) is 4.72 Å². The number of nitrogens with zero attached hydrogens (tertiary/aromatic N) is 1. The van der Waals surface area contributed by atoms with Gasteiger partial charge in [0.05, 0.1) is 19.2 Å². The number of carbonyl (C=O) groups is 1. The van der Waals surface area contributed by atoms with Crippen LogP contribution in [0.3, 0.4) is 0 Å². The van der Waals surface area contributed by atoms with Gasteiger partial charge in [0.2, 0.25) is 10.0 Å². The number of carbonyl (C=O) groups excluding carboxylic acids is 1. The van der Waals surface area contributed by atoms with Crippen LogP contribution < -0.4 is 9.62 Å². The van der Waals surface area contributed by atoms with Gasteiger partial charge in [-0.15, -0.1) is 0 Å². The zero-order valence-corrected chi connectivity index (χ0v) is 13.6. The fourth-order valence-electron chi connectivity index (χ4n) is 1.86. The minimum atomic E-state index is -3.59. The molecule has 0 fully saturated rings. The van der Waals surface area contributed by atoms with Gasteiger partial charge in [-0.05, 0) is 26.0 Å². The molecule has 0 saturated carbocycles. The van der Waals surface area contributed by atoms with E-state index in [9.17, 15) is 13.2 Å². The molecule has 0 saturated heterocycles. The molecule has 1 rings (SSSR count). The normalized spacial score (nSPS) is 11.5. The molecule has 0 unspecified atom stereocenters. The van der Waals surface area contributed by atoms with Crippen LogP contribution in [0.15, 0.2) is 29.2 Å². The zero-order chi connectivity index (χ0) is 16.0. The van der Waals surface area contributed by atoms with Gasteiger partial charge >= 0.3 is 5.97 Å². The molecular formula is C14H22N2O4S. The fraction of sp³-hybridized carbons (Fsp3) is 0.500. The van der Waals surface area contributed by atoms with Crippen molar-refractivity contribution in [2.45, 2.75) is 31.2 Å². The van der Waals surface area contributed by atoms with Gasteiger partial charge < -0.3 is 9.64 Å². The number of rotatable bonds is 7. The van der Waals surface area contributed by atoms with E-state index in [-0.39, 0.29) is 23.3 Å². The third kappa shape index (κ3) is 5.02. The van der Waals surface area contributed by atoms with Gasteiger partial charge in [-0.2, -0.15) is 0 Å². The van der Waals surface area contributed by atoms with E-state index in [1.807, 2.05) is 0 Å². The quantitative estimate of drug-likeness (QED) is 0.769. The number of benzene rings is 1. The molecule has 0 aliphatic heterocycles. The second kappa shape index (κ2) is 7.42. The van der Waals surface area contributed by atoms with Gasteiger partial charge in [-0.3, -0.25) is 4.79 Å². The molecule has 1 aromatic carbocycles. The Morgan fingerprint density at radius 3 is 2.52 bits per heavy atom. The molecule has 1 N–H and O–H groups in total. The Kier molecular flexibility index (Phi) is 6.17. The second-order valence-electron chi connectivity index (χ2n) is 4.99. The first-order valence-electron chi connectivity index (χ1n) is 6.67. The lowest BCUT2D eigenvalue weighted by atomic mass is 10.3. The summed E-state index contributed by atoms with van der Waals surface area (Å²) in [7, 11) is -0.518. The van der Waals surface area contributed by atoms with Gasteiger partial charge in [0.25, 0.3) is 0 Å². The van der Waals surface area contributed by atoms with E-state index < -0.39 is 10.0 Å². The summed E-state index contributed by atoms with van der Waals surface area (Å²) in [6.07, 6.45) is 0.193. The number of sulfonamides is 1. The number of anilines is 1. The fourth-order valence-corrected chi connectivity index (χ4v) is 3.36. The molecule has 0 aliphatic rings. The minimum absolute atomic E-state index is 0.191. The van der Waals surface area contributed by atoms with Crippen molar-refractivity contribution >= 4 is 21.7 Å². The molecular weight excluding hydrogens is 292 g/mol. The van der Waals surface area contributed by atoms with E-state index in [0.717, 1.165) is 0 Å². The number of para-hydroxylation sites is 1. The Labute approximate surface area is 126 Å². The monoisotopic (exact) mass is 314 g/mol. The number of esters is 1. The van der Waals surface area contributed by atoms with E-state index in [2.05, 4.69) is 9.46 Å². The molecule has 1 aromatic rings. The van der Waals surface area contributed by atoms with E-state index in [1.54, 1.807) is 50.1 Å². The van der Waals surface area contributed by atoms with Gasteiger partial charge in [-0.1, -0.05) is 12.1 Å². The Hall–Kier alpha value is -1.60. The highest BCUT2D eigenvalue weighted by Crippen LogP contribution is 2.24. The number of methoxy groups -OCH3 is 1. The Morgan fingerprint density at radius 2 is 1.95 bits per heavy atom. The zero-order valence-electron chi connectivity index (χ0n) is 12.8. The first-order chi connectivity index (χ1) is 9.77. The molecule has 0 amide bonds. The third-order valence-corrected chi connectivity index (χ3v) is 4.54. The van der Waals surface area contributed by atoms with Gasteiger partial charge in [0.15, 0.2) is 0 Å². The highest BCUT2D eigenvalue weighted by molar-refractivity contribution is 7.89. The van der Waals surface area contributed by atoms with E-state index >= 15 is 0 Å². The molecule has 7 heteroatoms. The lowest BCUT2D eigenvalue weighted by molar-refractivity contribution is -0.140. The molecule has 118 valence electrons. The standard InChI is InChI=1S/C14H22N2O4S/c1-11(2)15-21(18,19)13-8-6-5-7-12(13)16(3)10-9-14(17)20-4/h5-8,11,15H,9-10H2,1-4H3. The average Bonchev–Trinajstić information content (AvgIpc) is 2.43. The molecule has 6 nitrogen and oxygen atoms in total. The molecule has 0 atom stereocenters. The van der Waals surface area contributed by atoms with Crippen LogP contribution in [0, 0.1) is 0 Å². The van der Waals surface area contributed by atoms with Crippen LogP contribution in [0.2, 0.25) is 0 Å². The maximum absolute atomic E-state index is 12.3. The lowest BCUT2D eigenvalue weighted by Crippen LogP contribution is -2.32. The highest BCUT2D eigenvalue weighted by atomic mass is 32.2. The van der Waals surface area contributed by atoms with Crippen LogP contribution in [0.4, 0.5) is 5.69 Å². The van der Waals surface area contributed by atoms with Crippen LogP contribution in [0.1, 0.15) is 20.3 Å². The van der Waals surface area contributed by atoms with Gasteiger partial charge in [0.1, 0.15) is 4.90 Å². The van der Waals surface area contributed by atoms with Crippen molar-refractivity contribution in [1.29, 1.82) is 0 Å². The molecule has 0 aliphatic carbocycles. The summed E-state index contributed by atoms with van der Waals surface area (Å²) in [5.41, 5.74) is 0.551. The summed E-state index contributed by atoms with van der Waals surface area (Å²) < 4.78 is 31.8. The molecule has 0 spiro atoms. The maximum Gasteiger partial charge on any atom is 0.307 e. The van der Waals surface area contributed by atoms with E-state index in [0.29, 0.717) is 12.2 Å². The van der Waals surface area contributed by atoms with Crippen LogP contribution in [0.5, 0.6) is 0 Å². The van der Waals surface area contributed by atoms with Crippen molar-refractivity contribution in [2.24, 2.45) is 0 Å². The number of nitrogens with one attached hydrogen (secondary N) is 1. The highest BCUT2D eigenvalue weighted by Gasteiger charge is 2.21. The van der Waals surface area contributed by atoms with Crippen molar-refractivity contribution in [3.63, 3.8) is 0 Å². The van der Waals surface area contributed by atoms with Crippen molar-refractivity contribution in [2.75, 3.05) is 25.6 Å². The predicted molar refractivity (Wildman–Crippen MR) is 81.8 cm³/mol. The topological polar surface area (TPSA) is 75.7 Å². The summed E-state index contributed by atoms with van der Waals surface area (Å²) in [5, 5.41) is 0. The molecule has 0 aromatic heterocycles. The Morgan fingerprint density at radius 1 is 1.33 bits per heavy atom. The van der Waals surface area contributed by atoms with Gasteiger partial charge in [-0.25, -0.2) is 13.1 Å². The van der Waals surface area contributed by atoms with Crippen LogP contribution >= 0.6 is 0 Å². The Bertz CT molecular complexity index is 584. The molecule has 0 heterocycles. The summed E-state index contributed by atoms with van der Waals surface area (Å²) in [5.74, 6) is -0.331. The number of ether oxygens (including phenoxy) is 1. The first-order valence-corrected chi connectivity index (χ1v) is 8.15. The SMILES string of the molecule is COC(=O)CCN(C)c1ccccc1S(=O)(=O)NC(C)C. The average molecular weight is 314 g/mol. The molecule has 21 heavy (non-hydrogen) atoms. The number of hydrogen-bond donors (Lipinski definition) is 1. The lowest BCUT2D eigenvalue weighted by Gasteiger charge is -2.22. The van der Waals surface area contributed by atoms with Crippen LogP contribution in [-0.2, 0) is 19.6 Å². The van der Waals surface area contributed by atoms with Crippen LogP contribution in [0.25, 0.3) is 0 Å². The minimum Gasteiger partial charge on any atom is -0.469 e. The summed E-state index contributed by atoms with van der Waals surface area (Å²) >= 11 is 0. The van der Waals surface area contributed by atoms with E-state index in [4.69, 9.17) is 0 Å². The predicted octanol–water partition coefficient (Wildman–Crippen LogP) is 1.37. The second-order valence-corrected chi connectivity index (χ2v) is 6.67. The summed E-state index contributed by atoms with van der Waals surface area (Å²) in [6.45, 7) is 3.91. The number of hydrogen-bond acceptors (Lipinski definition) is 5. The van der Waals surface area contributed by atoms with Gasteiger partial charge in [0, 0.05) is 19.6 Å². The maximum atomic E-state index is 12.3. The van der Waals surface area contributed by atoms with Crippen molar-refractivity contribution < 1.29 is 17.9 Å². The van der Waals surface area contributed by atoms with Crippen molar-refractivity contribution in [3.8, 4) is 0 Å². The summed E-state index contributed by atoms with van der Waals surface area (Å²) in [4.78, 5) is 13.1. The first kappa shape index (κ1) is 17.5. The Balaban J connectivity index is 3.01. The molecule has 0 radical (unpaired) electrons. The van der Waals surface area contributed by atoms with Crippen molar-refractivity contribution in [3.05, 3.63) is 24.3 Å². The smallest absolute Gasteiger partial charge is 0.307 e. The van der Waals surface area contributed by atoms with E-state index in [1.165, 1.54) is 7.11 Å². The molecule has 0 bridgehead atoms.